The highest BCUT2D eigenvalue weighted by atomic mass is 35.5. The lowest BCUT2D eigenvalue weighted by Gasteiger charge is -2.21. The minimum atomic E-state index is -0.113. The predicted octanol–water partition coefficient (Wildman–Crippen LogP) is 2.93. The zero-order chi connectivity index (χ0) is 16.4. The van der Waals surface area contributed by atoms with E-state index in [1.165, 1.54) is 11.1 Å². The van der Waals surface area contributed by atoms with Crippen molar-refractivity contribution >= 4 is 17.5 Å². The van der Waals surface area contributed by atoms with Gasteiger partial charge in [0.25, 0.3) is 5.91 Å². The topological polar surface area (TPSA) is 54.0 Å². The van der Waals surface area contributed by atoms with Crippen LogP contribution >= 0.6 is 11.6 Å². The van der Waals surface area contributed by atoms with Gasteiger partial charge in [0.15, 0.2) is 0 Å². The van der Waals surface area contributed by atoms with Gasteiger partial charge in [-0.3, -0.25) is 9.78 Å². The normalized spacial score (nSPS) is 13.5. The van der Waals surface area contributed by atoms with E-state index in [1.807, 2.05) is 26.1 Å². The summed E-state index contributed by atoms with van der Waals surface area (Å²) in [6.45, 7) is 6.21. The molecule has 2 aromatic rings. The van der Waals surface area contributed by atoms with Crippen LogP contribution in [0.2, 0.25) is 5.02 Å². The number of aromatic nitrogens is 1. The van der Waals surface area contributed by atoms with Crippen molar-refractivity contribution in [1.82, 2.24) is 15.6 Å². The smallest absolute Gasteiger partial charge is 0.251 e. The first-order chi connectivity index (χ1) is 11.1. The van der Waals surface area contributed by atoms with Crippen LogP contribution in [0.25, 0.3) is 0 Å². The Bertz CT molecular complexity index is 758. The van der Waals surface area contributed by atoms with Gasteiger partial charge in [-0.15, -0.1) is 0 Å². The lowest BCUT2D eigenvalue weighted by Crippen LogP contribution is -2.28. The summed E-state index contributed by atoms with van der Waals surface area (Å²) in [5, 5.41) is 6.95. The summed E-state index contributed by atoms with van der Waals surface area (Å²) in [6.07, 6.45) is 2.90. The van der Waals surface area contributed by atoms with E-state index in [0.717, 1.165) is 36.3 Å². The second-order valence-corrected chi connectivity index (χ2v) is 6.31. The first kappa shape index (κ1) is 16.0. The van der Waals surface area contributed by atoms with Crippen LogP contribution in [0, 0.1) is 13.8 Å². The third-order valence-electron chi connectivity index (χ3n) is 4.33. The van der Waals surface area contributed by atoms with Crippen LogP contribution in [-0.2, 0) is 19.5 Å². The lowest BCUT2D eigenvalue weighted by molar-refractivity contribution is 0.0950. The summed E-state index contributed by atoms with van der Waals surface area (Å²) in [6, 6.07) is 5.37. The Morgan fingerprint density at radius 1 is 1.39 bits per heavy atom. The van der Waals surface area contributed by atoms with Crippen molar-refractivity contribution in [2.24, 2.45) is 0 Å². The van der Waals surface area contributed by atoms with Crippen LogP contribution in [0.1, 0.15) is 38.3 Å². The number of halogens is 1. The summed E-state index contributed by atoms with van der Waals surface area (Å²) in [5.41, 5.74) is 6.21. The second kappa shape index (κ2) is 6.69. The predicted molar refractivity (Wildman–Crippen MR) is 91.7 cm³/mol. The monoisotopic (exact) mass is 329 g/mol. The number of benzene rings is 1. The van der Waals surface area contributed by atoms with Gasteiger partial charge < -0.3 is 10.6 Å². The molecule has 0 bridgehead atoms. The summed E-state index contributed by atoms with van der Waals surface area (Å²) in [4.78, 5) is 16.8. The molecule has 0 unspecified atom stereocenters. The minimum Gasteiger partial charge on any atom is -0.348 e. The van der Waals surface area contributed by atoms with E-state index in [0.29, 0.717) is 17.1 Å². The molecule has 0 atom stereocenters. The van der Waals surface area contributed by atoms with E-state index >= 15 is 0 Å². The Morgan fingerprint density at radius 2 is 2.22 bits per heavy atom. The van der Waals surface area contributed by atoms with Gasteiger partial charge in [0, 0.05) is 35.6 Å². The largest absolute Gasteiger partial charge is 0.348 e. The van der Waals surface area contributed by atoms with Gasteiger partial charge in [-0.25, -0.2) is 0 Å². The molecule has 0 radical (unpaired) electrons. The fourth-order valence-electron chi connectivity index (χ4n) is 2.88. The molecule has 0 saturated carbocycles. The van der Waals surface area contributed by atoms with Crippen molar-refractivity contribution in [3.8, 4) is 0 Å². The molecule has 0 saturated heterocycles. The molecule has 1 aromatic heterocycles. The molecule has 1 aromatic carbocycles. The standard InChI is InChI=1S/C18H20ClN3O/c1-11-3-4-13(7-17(11)19)18(23)22-10-16-12(2)21-9-14-8-20-6-5-15(14)16/h3-4,7,9,20H,5-6,8,10H2,1-2H3,(H,22,23). The molecule has 1 aliphatic rings. The van der Waals surface area contributed by atoms with E-state index in [1.54, 1.807) is 12.1 Å². The maximum Gasteiger partial charge on any atom is 0.251 e. The van der Waals surface area contributed by atoms with Crippen LogP contribution in [-0.4, -0.2) is 17.4 Å². The average Bonchev–Trinajstić information content (AvgIpc) is 2.56. The quantitative estimate of drug-likeness (QED) is 0.910. The SMILES string of the molecule is Cc1ccc(C(=O)NCc2c(C)ncc3c2CCNC3)cc1Cl. The van der Waals surface area contributed by atoms with Crippen molar-refractivity contribution in [3.05, 3.63) is 62.9 Å². The Hall–Kier alpha value is -1.91. The average molecular weight is 330 g/mol. The molecular formula is C18H20ClN3O. The summed E-state index contributed by atoms with van der Waals surface area (Å²) < 4.78 is 0. The number of carbonyl (C=O) groups excluding carboxylic acids is 1. The first-order valence-corrected chi connectivity index (χ1v) is 8.15. The van der Waals surface area contributed by atoms with Gasteiger partial charge in [0.2, 0.25) is 0 Å². The minimum absolute atomic E-state index is 0.113. The van der Waals surface area contributed by atoms with Crippen LogP contribution in [0.15, 0.2) is 24.4 Å². The third kappa shape index (κ3) is 3.38. The number of nitrogens with one attached hydrogen (secondary N) is 2. The van der Waals surface area contributed by atoms with Crippen LogP contribution in [0.5, 0.6) is 0 Å². The number of aryl methyl sites for hydroxylation is 2. The number of rotatable bonds is 3. The van der Waals surface area contributed by atoms with Gasteiger partial charge in [-0.1, -0.05) is 17.7 Å². The number of hydrogen-bond donors (Lipinski definition) is 2. The fraction of sp³-hybridized carbons (Fsp3) is 0.333. The van der Waals surface area contributed by atoms with E-state index in [2.05, 4.69) is 15.6 Å². The van der Waals surface area contributed by atoms with Crippen LogP contribution in [0.3, 0.4) is 0 Å². The third-order valence-corrected chi connectivity index (χ3v) is 4.74. The zero-order valence-corrected chi connectivity index (χ0v) is 14.1. The molecular weight excluding hydrogens is 310 g/mol. The molecule has 3 rings (SSSR count). The second-order valence-electron chi connectivity index (χ2n) is 5.90. The number of amides is 1. The highest BCUT2D eigenvalue weighted by molar-refractivity contribution is 6.31. The molecule has 0 fully saturated rings. The first-order valence-electron chi connectivity index (χ1n) is 7.77. The molecule has 2 N–H and O–H groups in total. The van der Waals surface area contributed by atoms with Crippen LogP contribution in [0.4, 0.5) is 0 Å². The Labute approximate surface area is 141 Å². The van der Waals surface area contributed by atoms with E-state index < -0.39 is 0 Å². The number of pyridine rings is 1. The van der Waals surface area contributed by atoms with Gasteiger partial charge in [0.1, 0.15) is 0 Å². The van der Waals surface area contributed by atoms with Gasteiger partial charge in [-0.05, 0) is 61.2 Å². The molecule has 5 heteroatoms. The molecule has 23 heavy (non-hydrogen) atoms. The van der Waals surface area contributed by atoms with E-state index in [4.69, 9.17) is 11.6 Å². The summed E-state index contributed by atoms with van der Waals surface area (Å²) in [7, 11) is 0. The Morgan fingerprint density at radius 3 is 3.00 bits per heavy atom. The van der Waals surface area contributed by atoms with Crippen molar-refractivity contribution in [3.63, 3.8) is 0 Å². The molecule has 4 nitrogen and oxygen atoms in total. The van der Waals surface area contributed by atoms with Crippen molar-refractivity contribution in [2.45, 2.75) is 33.4 Å². The van der Waals surface area contributed by atoms with E-state index in [-0.39, 0.29) is 5.91 Å². The maximum atomic E-state index is 12.4. The molecule has 0 spiro atoms. The van der Waals surface area contributed by atoms with Gasteiger partial charge >= 0.3 is 0 Å². The Balaban J connectivity index is 1.78. The molecule has 2 heterocycles. The van der Waals surface area contributed by atoms with Gasteiger partial charge in [0.05, 0.1) is 0 Å². The number of nitrogens with zero attached hydrogens (tertiary/aromatic N) is 1. The molecule has 120 valence electrons. The maximum absolute atomic E-state index is 12.4. The zero-order valence-electron chi connectivity index (χ0n) is 13.4. The number of fused-ring (bicyclic) bond motifs is 1. The van der Waals surface area contributed by atoms with Crippen molar-refractivity contribution < 1.29 is 4.79 Å². The van der Waals surface area contributed by atoms with Gasteiger partial charge in [-0.2, -0.15) is 0 Å². The highest BCUT2D eigenvalue weighted by Gasteiger charge is 2.16. The molecule has 1 amide bonds. The molecule has 0 aliphatic carbocycles. The number of hydrogen-bond acceptors (Lipinski definition) is 3. The summed E-state index contributed by atoms with van der Waals surface area (Å²) >= 11 is 6.10. The molecule has 1 aliphatic heterocycles. The Kier molecular flexibility index (Phi) is 4.64. The van der Waals surface area contributed by atoms with E-state index in [9.17, 15) is 4.79 Å². The van der Waals surface area contributed by atoms with Crippen LogP contribution < -0.4 is 10.6 Å². The lowest BCUT2D eigenvalue weighted by atomic mass is 9.96. The number of carbonyl (C=O) groups is 1. The van der Waals surface area contributed by atoms with Crippen molar-refractivity contribution in [2.75, 3.05) is 6.54 Å². The fourth-order valence-corrected chi connectivity index (χ4v) is 3.06. The summed E-state index contributed by atoms with van der Waals surface area (Å²) in [5.74, 6) is -0.113. The highest BCUT2D eigenvalue weighted by Crippen LogP contribution is 2.21. The van der Waals surface area contributed by atoms with Crippen molar-refractivity contribution in [1.29, 1.82) is 0 Å².